The van der Waals surface area contributed by atoms with E-state index in [9.17, 15) is 18.0 Å². The minimum absolute atomic E-state index is 0.110. The number of carbonyl (C=O) groups is 1. The van der Waals surface area contributed by atoms with Crippen molar-refractivity contribution < 1.29 is 27.4 Å². The average Bonchev–Trinajstić information content (AvgIpc) is 3.19. The minimum atomic E-state index is -4.68. The zero-order valence-corrected chi connectivity index (χ0v) is 16.5. The molecule has 1 N–H and O–H groups in total. The Morgan fingerprint density at radius 1 is 1.17 bits per heavy atom. The molecule has 4 rings (SSSR count). The first-order chi connectivity index (χ1) is 14.3. The number of fused-ring (bicyclic) bond motifs is 2. The monoisotopic (exact) mass is 435 g/mol. The van der Waals surface area contributed by atoms with Crippen molar-refractivity contribution in [3.8, 4) is 11.5 Å². The minimum Gasteiger partial charge on any atom is -0.454 e. The molecule has 1 unspecified atom stereocenters. The predicted octanol–water partition coefficient (Wildman–Crippen LogP) is 4.17. The van der Waals surface area contributed by atoms with E-state index >= 15 is 0 Å². The van der Waals surface area contributed by atoms with Crippen LogP contribution in [0.4, 0.5) is 13.2 Å². The zero-order chi connectivity index (χ0) is 21.3. The van der Waals surface area contributed by atoms with Gasteiger partial charge in [0.2, 0.25) is 18.5 Å². The number of alkyl halides is 3. The largest absolute Gasteiger partial charge is 0.454 e. The Morgan fingerprint density at radius 3 is 2.73 bits per heavy atom. The summed E-state index contributed by atoms with van der Waals surface area (Å²) in [4.78, 5) is 19.8. The van der Waals surface area contributed by atoms with Crippen molar-refractivity contribution in [1.82, 2.24) is 15.3 Å². The van der Waals surface area contributed by atoms with Gasteiger partial charge in [-0.2, -0.15) is 13.2 Å². The first kappa shape index (κ1) is 20.3. The lowest BCUT2D eigenvalue weighted by molar-refractivity contribution is -0.145. The number of benzene rings is 2. The van der Waals surface area contributed by atoms with Gasteiger partial charge in [0.25, 0.3) is 0 Å². The van der Waals surface area contributed by atoms with E-state index in [1.165, 1.54) is 6.07 Å². The number of aromatic nitrogens is 2. The summed E-state index contributed by atoms with van der Waals surface area (Å²) < 4.78 is 50.0. The molecule has 1 aliphatic heterocycles. The van der Waals surface area contributed by atoms with Crippen LogP contribution in [0.25, 0.3) is 10.9 Å². The van der Waals surface area contributed by atoms with Crippen LogP contribution in [0, 0.1) is 0 Å². The fourth-order valence-electron chi connectivity index (χ4n) is 2.87. The fraction of sp³-hybridized carbons (Fsp3) is 0.250. The summed E-state index contributed by atoms with van der Waals surface area (Å²) >= 11 is 0.959. The van der Waals surface area contributed by atoms with Crippen molar-refractivity contribution in [2.24, 2.45) is 0 Å². The summed E-state index contributed by atoms with van der Waals surface area (Å²) in [5.41, 5.74) is 0.993. The van der Waals surface area contributed by atoms with E-state index in [0.717, 1.165) is 17.3 Å². The number of nitrogens with one attached hydrogen (secondary N) is 1. The van der Waals surface area contributed by atoms with E-state index in [1.54, 1.807) is 43.3 Å². The summed E-state index contributed by atoms with van der Waals surface area (Å²) in [5.74, 6) is -0.299. The van der Waals surface area contributed by atoms with Gasteiger partial charge >= 0.3 is 6.18 Å². The van der Waals surface area contributed by atoms with Crippen LogP contribution in [0.3, 0.4) is 0 Å². The van der Waals surface area contributed by atoms with Gasteiger partial charge in [0, 0.05) is 11.9 Å². The molecule has 2 heterocycles. The molecule has 6 nitrogen and oxygen atoms in total. The Labute approximate surface area is 173 Å². The van der Waals surface area contributed by atoms with Crippen LogP contribution >= 0.6 is 11.8 Å². The van der Waals surface area contributed by atoms with E-state index in [0.29, 0.717) is 16.9 Å². The molecule has 3 aromatic rings. The molecular formula is C20H16F3N3O3S. The maximum absolute atomic E-state index is 13.2. The van der Waals surface area contributed by atoms with Crippen molar-refractivity contribution in [1.29, 1.82) is 0 Å². The molecule has 0 aliphatic carbocycles. The Hall–Kier alpha value is -3.01. The molecule has 0 saturated heterocycles. The van der Waals surface area contributed by atoms with Crippen molar-refractivity contribution in [2.45, 2.75) is 29.9 Å². The SMILES string of the molecule is CC(Sc1nc(C(F)(F)F)nc2ccccc12)C(=O)NCc1ccc2c(c1)OCO2. The van der Waals surface area contributed by atoms with Crippen LogP contribution in [0.2, 0.25) is 0 Å². The lowest BCUT2D eigenvalue weighted by atomic mass is 10.2. The first-order valence-electron chi connectivity index (χ1n) is 8.98. The number of para-hydroxylation sites is 1. The molecule has 0 spiro atoms. The molecule has 1 amide bonds. The van der Waals surface area contributed by atoms with E-state index in [-0.39, 0.29) is 29.8 Å². The molecule has 1 aromatic heterocycles. The van der Waals surface area contributed by atoms with Crippen LogP contribution in [-0.2, 0) is 17.5 Å². The third-order valence-corrected chi connectivity index (χ3v) is 5.49. The summed E-state index contributed by atoms with van der Waals surface area (Å²) in [7, 11) is 0. The zero-order valence-electron chi connectivity index (χ0n) is 15.7. The quantitative estimate of drug-likeness (QED) is 0.479. The lowest BCUT2D eigenvalue weighted by Gasteiger charge is -2.14. The van der Waals surface area contributed by atoms with Crippen molar-refractivity contribution >= 4 is 28.6 Å². The second kappa shape index (κ2) is 8.02. The number of hydrogen-bond donors (Lipinski definition) is 1. The lowest BCUT2D eigenvalue weighted by Crippen LogP contribution is -2.30. The highest BCUT2D eigenvalue weighted by molar-refractivity contribution is 8.00. The van der Waals surface area contributed by atoms with Gasteiger partial charge in [-0.3, -0.25) is 4.79 Å². The molecule has 1 aliphatic rings. The molecule has 0 bridgehead atoms. The Morgan fingerprint density at radius 2 is 1.93 bits per heavy atom. The van der Waals surface area contributed by atoms with Crippen LogP contribution in [0.15, 0.2) is 47.5 Å². The third-order valence-electron chi connectivity index (χ3n) is 4.38. The predicted molar refractivity (Wildman–Crippen MR) is 104 cm³/mol. The van der Waals surface area contributed by atoms with Gasteiger partial charge in [-0.15, -0.1) is 0 Å². The number of rotatable bonds is 5. The van der Waals surface area contributed by atoms with Crippen LogP contribution < -0.4 is 14.8 Å². The van der Waals surface area contributed by atoms with Crippen molar-refractivity contribution in [3.63, 3.8) is 0 Å². The second-order valence-electron chi connectivity index (χ2n) is 6.53. The molecular weight excluding hydrogens is 419 g/mol. The second-order valence-corrected chi connectivity index (χ2v) is 7.86. The molecule has 0 radical (unpaired) electrons. The van der Waals surface area contributed by atoms with Gasteiger partial charge in [-0.1, -0.05) is 36.0 Å². The number of nitrogens with zero attached hydrogens (tertiary/aromatic N) is 2. The molecule has 156 valence electrons. The standard InChI is InChI=1S/C20H16F3N3O3S/c1-11(17(27)24-9-12-6-7-15-16(8-12)29-10-28-15)30-18-13-4-2-3-5-14(13)25-19(26-18)20(21,22)23/h2-8,11H,9-10H2,1H3,(H,24,27). The van der Waals surface area contributed by atoms with Crippen molar-refractivity contribution in [3.05, 3.63) is 53.9 Å². The number of hydrogen-bond acceptors (Lipinski definition) is 6. The van der Waals surface area contributed by atoms with E-state index in [1.807, 2.05) is 0 Å². The Bertz CT molecular complexity index is 1110. The summed E-state index contributed by atoms with van der Waals surface area (Å²) in [6, 6.07) is 11.7. The highest BCUT2D eigenvalue weighted by atomic mass is 32.2. The van der Waals surface area contributed by atoms with Gasteiger partial charge in [0.15, 0.2) is 11.5 Å². The van der Waals surface area contributed by atoms with Gasteiger partial charge < -0.3 is 14.8 Å². The number of ether oxygens (including phenoxy) is 2. The van der Waals surface area contributed by atoms with E-state index < -0.39 is 17.3 Å². The van der Waals surface area contributed by atoms with E-state index in [4.69, 9.17) is 9.47 Å². The fourth-order valence-corrected chi connectivity index (χ4v) is 3.83. The highest BCUT2D eigenvalue weighted by Gasteiger charge is 2.36. The number of carbonyl (C=O) groups excluding carboxylic acids is 1. The molecule has 2 aromatic carbocycles. The number of halogens is 3. The van der Waals surface area contributed by atoms with Gasteiger partial charge in [0.1, 0.15) is 5.03 Å². The van der Waals surface area contributed by atoms with Crippen LogP contribution in [-0.4, -0.2) is 27.9 Å². The van der Waals surface area contributed by atoms with Crippen LogP contribution in [0.5, 0.6) is 11.5 Å². The average molecular weight is 435 g/mol. The summed E-state index contributed by atoms with van der Waals surface area (Å²) in [6.07, 6.45) is -4.68. The van der Waals surface area contributed by atoms with Gasteiger partial charge in [0.05, 0.1) is 10.8 Å². The first-order valence-corrected chi connectivity index (χ1v) is 9.86. The molecule has 30 heavy (non-hydrogen) atoms. The molecule has 0 fully saturated rings. The summed E-state index contributed by atoms with van der Waals surface area (Å²) in [6.45, 7) is 2.02. The smallest absolute Gasteiger partial charge is 0.451 e. The molecule has 10 heteroatoms. The number of amides is 1. The Balaban J connectivity index is 1.48. The third kappa shape index (κ3) is 4.28. The normalized spacial score (nSPS) is 14.0. The molecule has 0 saturated carbocycles. The maximum atomic E-state index is 13.2. The van der Waals surface area contributed by atoms with Crippen molar-refractivity contribution in [2.75, 3.05) is 6.79 Å². The highest BCUT2D eigenvalue weighted by Crippen LogP contribution is 2.34. The van der Waals surface area contributed by atoms with Crippen LogP contribution in [0.1, 0.15) is 18.3 Å². The van der Waals surface area contributed by atoms with Gasteiger partial charge in [-0.05, 0) is 30.7 Å². The maximum Gasteiger partial charge on any atom is 0.451 e. The summed E-state index contributed by atoms with van der Waals surface area (Å²) in [5, 5.41) is 2.69. The topological polar surface area (TPSA) is 73.3 Å². The van der Waals surface area contributed by atoms with E-state index in [2.05, 4.69) is 15.3 Å². The molecule has 1 atom stereocenters. The number of thioether (sulfide) groups is 1. The van der Waals surface area contributed by atoms with Gasteiger partial charge in [-0.25, -0.2) is 9.97 Å². The Kier molecular flexibility index (Phi) is 5.42.